The van der Waals surface area contributed by atoms with E-state index in [2.05, 4.69) is 26.7 Å². The van der Waals surface area contributed by atoms with Crippen LogP contribution in [-0.4, -0.2) is 92.3 Å². The highest BCUT2D eigenvalue weighted by molar-refractivity contribution is 6.02. The summed E-state index contributed by atoms with van der Waals surface area (Å²) in [5.41, 5.74) is 13.6. The van der Waals surface area contributed by atoms with Crippen molar-refractivity contribution in [2.45, 2.75) is 79.9 Å². The van der Waals surface area contributed by atoms with Crippen molar-refractivity contribution < 1.29 is 24.6 Å². The number of aliphatic hydroxyl groups is 2. The van der Waals surface area contributed by atoms with Gasteiger partial charge >= 0.3 is 0 Å². The molecule has 4 heterocycles. The van der Waals surface area contributed by atoms with Crippen molar-refractivity contribution in [1.82, 2.24) is 20.4 Å². The van der Waals surface area contributed by atoms with Crippen molar-refractivity contribution >= 4 is 29.6 Å². The second-order valence-corrected chi connectivity index (χ2v) is 11.6. The Bertz CT molecular complexity index is 1350. The molecule has 2 aliphatic carbocycles. The van der Waals surface area contributed by atoms with Crippen LogP contribution in [0.1, 0.15) is 60.0 Å². The second-order valence-electron chi connectivity index (χ2n) is 11.6. The first kappa shape index (κ1) is 24.3. The van der Waals surface area contributed by atoms with E-state index in [4.69, 9.17) is 11.5 Å². The number of aliphatic imine (C=N–C) groups is 2. The van der Waals surface area contributed by atoms with E-state index in [1.165, 1.54) is 10.5 Å². The number of amides is 3. The van der Waals surface area contributed by atoms with Crippen LogP contribution in [0, 0.1) is 0 Å². The fourth-order valence-corrected chi connectivity index (χ4v) is 7.46. The Kier molecular flexibility index (Phi) is 4.94. The number of nitrogens with one attached hydrogen (secondary N) is 2. The van der Waals surface area contributed by atoms with E-state index >= 15 is 0 Å². The van der Waals surface area contributed by atoms with Crippen molar-refractivity contribution in [2.24, 2.45) is 21.5 Å². The summed E-state index contributed by atoms with van der Waals surface area (Å²) in [6.07, 6.45) is 5.42. The standard InChI is InChI=1S/C26H32N8O5/c27-22-31-20-16(11-33-18(35)6-7-19(33)36)29-23(28)34-12-17(26(38,39)25(20,34)32-22)30-21(37)14-3-1-5-15-13(14)4-2-8-24(15)9-10-24/h1,3,5,16-17,20,38-39H,2,4,6-12H2,(H2,28,29)(H,30,37)(H3,27,31,32)/t16-,17?,20?,25?/m0/s1. The first-order valence-electron chi connectivity index (χ1n) is 13.5. The predicted molar refractivity (Wildman–Crippen MR) is 138 cm³/mol. The van der Waals surface area contributed by atoms with Gasteiger partial charge in [-0.15, -0.1) is 0 Å². The Hall–Kier alpha value is -3.71. The maximum absolute atomic E-state index is 13.6. The number of rotatable bonds is 4. The van der Waals surface area contributed by atoms with E-state index in [0.717, 1.165) is 42.6 Å². The first-order chi connectivity index (χ1) is 18.6. The maximum atomic E-state index is 13.6. The van der Waals surface area contributed by atoms with Gasteiger partial charge in [0, 0.05) is 24.9 Å². The van der Waals surface area contributed by atoms with Crippen LogP contribution >= 0.6 is 0 Å². The van der Waals surface area contributed by atoms with Crippen molar-refractivity contribution in [2.75, 3.05) is 13.1 Å². The third-order valence-corrected chi connectivity index (χ3v) is 9.56. The molecular formula is C26H32N8O5. The molecule has 3 amide bonds. The second kappa shape index (κ2) is 7.92. The summed E-state index contributed by atoms with van der Waals surface area (Å²) in [5.74, 6) is -3.76. The van der Waals surface area contributed by atoms with Crippen LogP contribution in [0.4, 0.5) is 0 Å². The van der Waals surface area contributed by atoms with E-state index in [0.29, 0.717) is 5.56 Å². The molecule has 4 aliphatic heterocycles. The first-order valence-corrected chi connectivity index (χ1v) is 13.5. The summed E-state index contributed by atoms with van der Waals surface area (Å²) >= 11 is 0. The van der Waals surface area contributed by atoms with Gasteiger partial charge in [-0.1, -0.05) is 12.1 Å². The van der Waals surface area contributed by atoms with Gasteiger partial charge in [0.15, 0.2) is 17.6 Å². The fourth-order valence-electron chi connectivity index (χ4n) is 7.46. The lowest BCUT2D eigenvalue weighted by atomic mass is 9.78. The normalized spacial score (nSPS) is 33.2. The summed E-state index contributed by atoms with van der Waals surface area (Å²) in [5, 5.41) is 29.1. The van der Waals surface area contributed by atoms with Crippen molar-refractivity contribution in [1.29, 1.82) is 0 Å². The molecule has 3 fully saturated rings. The predicted octanol–water partition coefficient (Wildman–Crippen LogP) is -2.02. The minimum absolute atomic E-state index is 0.0373. The van der Waals surface area contributed by atoms with Crippen molar-refractivity contribution in [3.05, 3.63) is 34.9 Å². The van der Waals surface area contributed by atoms with Gasteiger partial charge in [0.2, 0.25) is 17.6 Å². The van der Waals surface area contributed by atoms with Crippen LogP contribution in [0.3, 0.4) is 0 Å². The SMILES string of the molecule is NC1=NC2[C@H](CN3C(=O)CCC3=O)N=C(N)N3CC(NC(=O)c4cccc5c4CCCC54CC4)C(O)(O)C23N1. The van der Waals surface area contributed by atoms with Gasteiger partial charge < -0.3 is 37.2 Å². The summed E-state index contributed by atoms with van der Waals surface area (Å²) in [4.78, 5) is 49.7. The van der Waals surface area contributed by atoms with Crippen LogP contribution < -0.4 is 22.1 Å². The number of hydrogen-bond acceptors (Lipinski definition) is 11. The van der Waals surface area contributed by atoms with Gasteiger partial charge in [0.05, 0.1) is 12.6 Å². The van der Waals surface area contributed by atoms with E-state index in [1.807, 2.05) is 6.07 Å². The Morgan fingerprint density at radius 2 is 1.85 bits per heavy atom. The Morgan fingerprint density at radius 1 is 1.10 bits per heavy atom. The summed E-state index contributed by atoms with van der Waals surface area (Å²) in [6.45, 7) is -0.199. The smallest absolute Gasteiger partial charge is 0.252 e. The highest BCUT2D eigenvalue weighted by atomic mass is 16.5. The molecule has 13 heteroatoms. The molecule has 8 N–H and O–H groups in total. The number of benzene rings is 1. The molecule has 39 heavy (non-hydrogen) atoms. The summed E-state index contributed by atoms with van der Waals surface area (Å²) in [7, 11) is 0. The molecule has 206 valence electrons. The number of likely N-dealkylation sites (tertiary alicyclic amines) is 1. The van der Waals surface area contributed by atoms with Crippen LogP contribution in [-0.2, 0) is 21.4 Å². The number of carbonyl (C=O) groups excluding carboxylic acids is 3. The zero-order chi connectivity index (χ0) is 27.3. The number of fused-ring (bicyclic) bond motifs is 2. The lowest BCUT2D eigenvalue weighted by Gasteiger charge is -2.49. The van der Waals surface area contributed by atoms with Crippen LogP contribution in [0.25, 0.3) is 0 Å². The van der Waals surface area contributed by atoms with Gasteiger partial charge in [0.1, 0.15) is 12.1 Å². The minimum atomic E-state index is -2.59. The van der Waals surface area contributed by atoms with E-state index in [-0.39, 0.29) is 55.1 Å². The number of imide groups is 1. The Labute approximate surface area is 224 Å². The van der Waals surface area contributed by atoms with Crippen molar-refractivity contribution in [3.63, 3.8) is 0 Å². The molecule has 0 radical (unpaired) electrons. The van der Waals surface area contributed by atoms with Gasteiger partial charge in [-0.25, -0.2) is 9.98 Å². The number of nitrogens with two attached hydrogens (primary N) is 2. The van der Waals surface area contributed by atoms with Gasteiger partial charge in [-0.2, -0.15) is 0 Å². The molecule has 13 nitrogen and oxygen atoms in total. The van der Waals surface area contributed by atoms with E-state index < -0.39 is 35.5 Å². The zero-order valence-corrected chi connectivity index (χ0v) is 21.4. The molecule has 2 spiro atoms. The van der Waals surface area contributed by atoms with E-state index in [1.54, 1.807) is 6.07 Å². The quantitative estimate of drug-likeness (QED) is 0.186. The number of carbonyl (C=O) groups is 3. The molecule has 3 unspecified atom stereocenters. The van der Waals surface area contributed by atoms with E-state index in [9.17, 15) is 24.6 Å². The molecular weight excluding hydrogens is 504 g/mol. The zero-order valence-electron chi connectivity index (χ0n) is 21.4. The summed E-state index contributed by atoms with van der Waals surface area (Å²) in [6, 6.07) is 2.72. The molecule has 1 saturated carbocycles. The van der Waals surface area contributed by atoms with Gasteiger partial charge in [0.25, 0.3) is 5.91 Å². The topological polar surface area (TPSA) is 199 Å². The molecule has 7 rings (SSSR count). The fraction of sp³-hybridized carbons (Fsp3) is 0.577. The van der Waals surface area contributed by atoms with Gasteiger partial charge in [-0.3, -0.25) is 19.3 Å². The van der Waals surface area contributed by atoms with Crippen LogP contribution in [0.5, 0.6) is 0 Å². The lowest BCUT2D eigenvalue weighted by molar-refractivity contribution is -0.230. The number of nitrogens with zero attached hydrogens (tertiary/aromatic N) is 4. The lowest BCUT2D eigenvalue weighted by Crippen LogP contribution is -2.78. The highest BCUT2D eigenvalue weighted by Gasteiger charge is 2.73. The molecule has 1 aromatic carbocycles. The molecule has 2 saturated heterocycles. The molecule has 0 aromatic heterocycles. The highest BCUT2D eigenvalue weighted by Crippen LogP contribution is 2.55. The Balaban J connectivity index is 1.20. The molecule has 1 aromatic rings. The monoisotopic (exact) mass is 536 g/mol. The largest absolute Gasteiger partial charge is 0.370 e. The molecule has 0 bridgehead atoms. The van der Waals surface area contributed by atoms with Crippen molar-refractivity contribution in [3.8, 4) is 0 Å². The number of hydrogen-bond donors (Lipinski definition) is 6. The molecule has 6 aliphatic rings. The van der Waals surface area contributed by atoms with Gasteiger partial charge in [-0.05, 0) is 54.7 Å². The average molecular weight is 537 g/mol. The minimum Gasteiger partial charge on any atom is -0.370 e. The Morgan fingerprint density at radius 3 is 2.56 bits per heavy atom. The third kappa shape index (κ3) is 3.22. The summed E-state index contributed by atoms with van der Waals surface area (Å²) < 4.78 is 0. The molecule has 4 atom stereocenters. The average Bonchev–Trinajstić information content (AvgIpc) is 3.38. The number of guanidine groups is 2. The maximum Gasteiger partial charge on any atom is 0.252 e. The third-order valence-electron chi connectivity index (χ3n) is 9.56. The van der Waals surface area contributed by atoms with Crippen LogP contribution in [0.2, 0.25) is 0 Å². The van der Waals surface area contributed by atoms with Crippen LogP contribution in [0.15, 0.2) is 28.2 Å².